The second kappa shape index (κ2) is 7.03. The Morgan fingerprint density at radius 3 is 2.63 bits per heavy atom. The Kier molecular flexibility index (Phi) is 4.42. The van der Waals surface area contributed by atoms with Crippen molar-refractivity contribution in [3.8, 4) is 0 Å². The number of aromatic nitrogens is 3. The Hall–Kier alpha value is -3.48. The van der Waals surface area contributed by atoms with Crippen molar-refractivity contribution >= 4 is 34.7 Å². The van der Waals surface area contributed by atoms with Crippen LogP contribution in [0.4, 0.5) is 28.8 Å². The number of nitrogens with zero attached hydrogens (tertiary/aromatic N) is 4. The van der Waals surface area contributed by atoms with Gasteiger partial charge in [0.15, 0.2) is 5.82 Å². The molecule has 3 aromatic rings. The first-order valence-corrected chi connectivity index (χ1v) is 8.82. The maximum Gasteiger partial charge on any atom is 0.252 e. The van der Waals surface area contributed by atoms with Crippen molar-refractivity contribution in [3.63, 3.8) is 0 Å². The van der Waals surface area contributed by atoms with E-state index < -0.39 is 0 Å². The van der Waals surface area contributed by atoms with Gasteiger partial charge in [-0.3, -0.25) is 4.79 Å². The van der Waals surface area contributed by atoms with E-state index in [2.05, 4.69) is 55.8 Å². The number of carbonyl (C=O) groups is 1. The molecule has 0 saturated heterocycles. The summed E-state index contributed by atoms with van der Waals surface area (Å²) >= 11 is 0. The third kappa shape index (κ3) is 3.57. The highest BCUT2D eigenvalue weighted by Gasteiger charge is 2.29. The number of anilines is 5. The first kappa shape index (κ1) is 17.0. The van der Waals surface area contributed by atoms with Gasteiger partial charge in [-0.25, -0.2) is 0 Å². The van der Waals surface area contributed by atoms with E-state index in [1.165, 1.54) is 12.5 Å². The molecule has 0 saturated carbocycles. The van der Waals surface area contributed by atoms with E-state index >= 15 is 0 Å². The lowest BCUT2D eigenvalue weighted by atomic mass is 10.1. The zero-order valence-corrected chi connectivity index (χ0v) is 15.2. The summed E-state index contributed by atoms with van der Waals surface area (Å²) in [5, 5.41) is 14.3. The molecule has 1 aliphatic heterocycles. The first-order valence-electron chi connectivity index (χ1n) is 8.82. The fourth-order valence-electron chi connectivity index (χ4n) is 3.31. The molecule has 1 unspecified atom stereocenters. The van der Waals surface area contributed by atoms with E-state index in [0.29, 0.717) is 11.8 Å². The van der Waals surface area contributed by atoms with Crippen LogP contribution in [-0.4, -0.2) is 27.1 Å². The summed E-state index contributed by atoms with van der Waals surface area (Å²) in [6.45, 7) is 3.64. The van der Waals surface area contributed by atoms with E-state index in [-0.39, 0.29) is 11.9 Å². The molecule has 0 fully saturated rings. The van der Waals surface area contributed by atoms with Crippen LogP contribution in [0.2, 0.25) is 0 Å². The normalized spacial score (nSPS) is 15.3. The molecular formula is C20H20N6O. The molecule has 7 heteroatoms. The summed E-state index contributed by atoms with van der Waals surface area (Å²) in [7, 11) is 0. The molecule has 0 bridgehead atoms. The van der Waals surface area contributed by atoms with E-state index in [9.17, 15) is 4.79 Å². The molecule has 2 N–H and O–H groups in total. The molecule has 0 aliphatic carbocycles. The summed E-state index contributed by atoms with van der Waals surface area (Å²) in [6.07, 6.45) is 2.56. The van der Waals surface area contributed by atoms with Gasteiger partial charge in [-0.15, -0.1) is 5.10 Å². The number of para-hydroxylation sites is 1. The van der Waals surface area contributed by atoms with Crippen LogP contribution in [0.25, 0.3) is 0 Å². The van der Waals surface area contributed by atoms with E-state index in [0.717, 1.165) is 23.5 Å². The minimum Gasteiger partial charge on any atom is -0.339 e. The average Bonchev–Trinajstić information content (AvgIpc) is 2.99. The Morgan fingerprint density at radius 2 is 1.85 bits per heavy atom. The number of carbonyl (C=O) groups excluding carboxylic acids is 1. The smallest absolute Gasteiger partial charge is 0.252 e. The van der Waals surface area contributed by atoms with Crippen LogP contribution in [0, 0.1) is 0 Å². The van der Waals surface area contributed by atoms with Gasteiger partial charge in [-0.05, 0) is 49.2 Å². The van der Waals surface area contributed by atoms with Crippen LogP contribution < -0.4 is 15.5 Å². The monoisotopic (exact) mass is 360 g/mol. The summed E-state index contributed by atoms with van der Waals surface area (Å²) in [4.78, 5) is 17.9. The first-order chi connectivity index (χ1) is 13.1. The van der Waals surface area contributed by atoms with Gasteiger partial charge in [-0.1, -0.05) is 18.2 Å². The predicted octanol–water partition coefficient (Wildman–Crippen LogP) is 3.66. The van der Waals surface area contributed by atoms with E-state index in [4.69, 9.17) is 0 Å². The molecule has 0 spiro atoms. The Bertz CT molecular complexity index is 972. The van der Waals surface area contributed by atoms with Gasteiger partial charge in [0.25, 0.3) is 5.95 Å². The maximum atomic E-state index is 11.1. The summed E-state index contributed by atoms with van der Waals surface area (Å²) in [6, 6.07) is 16.0. The highest BCUT2D eigenvalue weighted by Crippen LogP contribution is 2.36. The number of hydrogen-bond acceptors (Lipinski definition) is 6. The summed E-state index contributed by atoms with van der Waals surface area (Å²) in [5.74, 6) is 1.09. The zero-order valence-electron chi connectivity index (χ0n) is 15.2. The lowest BCUT2D eigenvalue weighted by Crippen LogP contribution is -2.26. The quantitative estimate of drug-likeness (QED) is 0.739. The molecule has 136 valence electrons. The van der Waals surface area contributed by atoms with Crippen molar-refractivity contribution in [1.29, 1.82) is 0 Å². The van der Waals surface area contributed by atoms with Crippen molar-refractivity contribution in [3.05, 3.63) is 60.3 Å². The molecule has 0 radical (unpaired) electrons. The molecule has 4 rings (SSSR count). The fraction of sp³-hybridized carbons (Fsp3) is 0.200. The lowest BCUT2D eigenvalue weighted by molar-refractivity contribution is -0.114. The van der Waals surface area contributed by atoms with Crippen LogP contribution in [0.5, 0.6) is 0 Å². The van der Waals surface area contributed by atoms with Crippen LogP contribution in [0.3, 0.4) is 0 Å². The third-order valence-electron chi connectivity index (χ3n) is 4.45. The molecule has 2 aromatic carbocycles. The maximum absolute atomic E-state index is 11.1. The lowest BCUT2D eigenvalue weighted by Gasteiger charge is -2.22. The Balaban J connectivity index is 1.56. The third-order valence-corrected chi connectivity index (χ3v) is 4.45. The van der Waals surface area contributed by atoms with Crippen molar-refractivity contribution in [2.24, 2.45) is 0 Å². The topological polar surface area (TPSA) is 83.0 Å². The molecular weight excluding hydrogens is 340 g/mol. The SMILES string of the molecule is CC(=O)Nc1ccc(Nc2cnnc(N3c4ccccc4CC3C)n2)cc1. The van der Waals surface area contributed by atoms with Gasteiger partial charge < -0.3 is 15.5 Å². The highest BCUT2D eigenvalue weighted by molar-refractivity contribution is 5.88. The highest BCUT2D eigenvalue weighted by atomic mass is 16.1. The Labute approximate surface area is 157 Å². The molecule has 2 heterocycles. The number of benzene rings is 2. The van der Waals surface area contributed by atoms with Crippen LogP contribution in [-0.2, 0) is 11.2 Å². The van der Waals surface area contributed by atoms with E-state index in [1.54, 1.807) is 6.20 Å². The van der Waals surface area contributed by atoms with Gasteiger partial charge in [-0.2, -0.15) is 10.1 Å². The molecule has 1 amide bonds. The number of rotatable bonds is 4. The van der Waals surface area contributed by atoms with Crippen molar-refractivity contribution in [1.82, 2.24) is 15.2 Å². The predicted molar refractivity (Wildman–Crippen MR) is 106 cm³/mol. The number of hydrogen-bond donors (Lipinski definition) is 2. The van der Waals surface area contributed by atoms with Crippen molar-refractivity contribution < 1.29 is 4.79 Å². The van der Waals surface area contributed by atoms with Crippen LogP contribution >= 0.6 is 0 Å². The average molecular weight is 360 g/mol. The standard InChI is InChI=1S/C20H20N6O/c1-13-11-15-5-3-4-6-18(15)26(13)20-24-19(12-21-25-20)23-17-9-7-16(8-10-17)22-14(2)27/h3-10,12-13H,11H2,1-2H3,(H,22,27)(H,23,24,25). The van der Waals surface area contributed by atoms with Crippen LogP contribution in [0.15, 0.2) is 54.7 Å². The van der Waals surface area contributed by atoms with Gasteiger partial charge >= 0.3 is 0 Å². The molecule has 7 nitrogen and oxygen atoms in total. The summed E-state index contributed by atoms with van der Waals surface area (Å²) in [5.41, 5.74) is 4.02. The zero-order chi connectivity index (χ0) is 18.8. The van der Waals surface area contributed by atoms with Gasteiger partial charge in [0.05, 0.1) is 6.20 Å². The second-order valence-corrected chi connectivity index (χ2v) is 6.58. The molecule has 27 heavy (non-hydrogen) atoms. The van der Waals surface area contributed by atoms with Crippen molar-refractivity contribution in [2.45, 2.75) is 26.3 Å². The fourth-order valence-corrected chi connectivity index (χ4v) is 3.31. The number of fused-ring (bicyclic) bond motifs is 1. The largest absolute Gasteiger partial charge is 0.339 e. The van der Waals surface area contributed by atoms with E-state index in [1.807, 2.05) is 30.3 Å². The van der Waals surface area contributed by atoms with Gasteiger partial charge in [0.2, 0.25) is 5.91 Å². The molecule has 1 aliphatic rings. The van der Waals surface area contributed by atoms with Gasteiger partial charge in [0, 0.05) is 30.0 Å². The molecule has 1 aromatic heterocycles. The number of amides is 1. The van der Waals surface area contributed by atoms with Gasteiger partial charge in [0.1, 0.15) is 0 Å². The minimum absolute atomic E-state index is 0.0969. The second-order valence-electron chi connectivity index (χ2n) is 6.58. The number of nitrogens with one attached hydrogen (secondary N) is 2. The van der Waals surface area contributed by atoms with Crippen molar-refractivity contribution in [2.75, 3.05) is 15.5 Å². The molecule has 1 atom stereocenters. The summed E-state index contributed by atoms with van der Waals surface area (Å²) < 4.78 is 0. The van der Waals surface area contributed by atoms with Crippen LogP contribution in [0.1, 0.15) is 19.4 Å². The Morgan fingerprint density at radius 1 is 1.11 bits per heavy atom. The minimum atomic E-state index is -0.0969.